The summed E-state index contributed by atoms with van der Waals surface area (Å²) in [6, 6.07) is 11.9. The molecule has 7 heteroatoms. The lowest BCUT2D eigenvalue weighted by atomic mass is 9.95. The van der Waals surface area contributed by atoms with Gasteiger partial charge < -0.3 is 9.15 Å². The van der Waals surface area contributed by atoms with Crippen molar-refractivity contribution in [2.24, 2.45) is 0 Å². The monoisotopic (exact) mass is 546 g/mol. The number of hydrogen-bond acceptors (Lipinski definition) is 4. The van der Waals surface area contributed by atoms with Gasteiger partial charge in [0, 0.05) is 32.6 Å². The Balaban J connectivity index is 1.88. The molecule has 206 valence electrons. The van der Waals surface area contributed by atoms with E-state index in [0.29, 0.717) is 22.5 Å². The van der Waals surface area contributed by atoms with E-state index in [1.807, 2.05) is 32.0 Å². The Kier molecular flexibility index (Phi) is 9.12. The van der Waals surface area contributed by atoms with Crippen LogP contribution in [0.25, 0.3) is 22.3 Å². The lowest BCUT2D eigenvalue weighted by molar-refractivity contribution is -0.152. The molecular formula is C31H37F3O3S. The number of carbonyl (C=O) groups is 1. The van der Waals surface area contributed by atoms with Crippen LogP contribution >= 0.6 is 11.8 Å². The van der Waals surface area contributed by atoms with E-state index >= 15 is 0 Å². The van der Waals surface area contributed by atoms with Crippen LogP contribution in [0.3, 0.4) is 0 Å². The Morgan fingerprint density at radius 2 is 1.74 bits per heavy atom. The van der Waals surface area contributed by atoms with Crippen molar-refractivity contribution in [2.75, 3.05) is 0 Å². The van der Waals surface area contributed by atoms with Crippen LogP contribution in [0.15, 0.2) is 63.9 Å². The van der Waals surface area contributed by atoms with E-state index in [9.17, 15) is 18.0 Å². The van der Waals surface area contributed by atoms with Crippen LogP contribution in [0.4, 0.5) is 13.2 Å². The third-order valence-electron chi connectivity index (χ3n) is 6.18. The third-order valence-corrected chi connectivity index (χ3v) is 7.36. The fourth-order valence-electron chi connectivity index (χ4n) is 4.73. The Morgan fingerprint density at radius 1 is 1.03 bits per heavy atom. The minimum Gasteiger partial charge on any atom is -0.456 e. The maximum Gasteiger partial charge on any atom is 0.417 e. The van der Waals surface area contributed by atoms with Gasteiger partial charge in [0.05, 0.1) is 5.56 Å². The van der Waals surface area contributed by atoms with Crippen LogP contribution < -0.4 is 0 Å². The molecule has 1 heterocycles. The van der Waals surface area contributed by atoms with Crippen molar-refractivity contribution in [1.29, 1.82) is 0 Å². The molecule has 1 aromatic heterocycles. The molecule has 38 heavy (non-hydrogen) atoms. The molecule has 0 saturated heterocycles. The first-order chi connectivity index (χ1) is 17.6. The molecule has 0 radical (unpaired) electrons. The molecule has 0 fully saturated rings. The highest BCUT2D eigenvalue weighted by atomic mass is 32.2. The summed E-state index contributed by atoms with van der Waals surface area (Å²) in [6.07, 6.45) is 0.108. The molecule has 0 atom stereocenters. The molecule has 0 N–H and O–H groups in total. The predicted octanol–water partition coefficient (Wildman–Crippen LogP) is 10.0. The summed E-state index contributed by atoms with van der Waals surface area (Å²) in [4.78, 5) is 12.5. The van der Waals surface area contributed by atoms with E-state index in [1.165, 1.54) is 23.9 Å². The van der Waals surface area contributed by atoms with E-state index in [4.69, 9.17) is 9.15 Å². The van der Waals surface area contributed by atoms with Crippen molar-refractivity contribution in [3.05, 3.63) is 65.7 Å². The Bertz CT molecular complexity index is 1300. The summed E-state index contributed by atoms with van der Waals surface area (Å²) >= 11 is 1.31. The number of esters is 1. The van der Waals surface area contributed by atoms with Gasteiger partial charge in [0.15, 0.2) is 0 Å². The van der Waals surface area contributed by atoms with Crippen molar-refractivity contribution in [1.82, 2.24) is 0 Å². The number of rotatable bonds is 11. The number of fused-ring (bicyclic) bond motifs is 1. The number of benzene rings is 2. The number of halogens is 3. The highest BCUT2D eigenvalue weighted by Gasteiger charge is 2.37. The molecule has 0 unspecified atom stereocenters. The van der Waals surface area contributed by atoms with Crippen LogP contribution in [0.1, 0.15) is 78.4 Å². The molecule has 0 aliphatic carbocycles. The number of furan rings is 1. The van der Waals surface area contributed by atoms with Gasteiger partial charge in [-0.05, 0) is 69.5 Å². The van der Waals surface area contributed by atoms with Gasteiger partial charge in [0.1, 0.15) is 16.9 Å². The number of alkyl halides is 3. The fourth-order valence-corrected chi connectivity index (χ4v) is 6.10. The standard InChI is InChI=1S/C31H37F3O3S/c1-8-9-10-11-21-12-13-22-17-27(36-26(22)16-21)24-15-14-23(18-25(24)31(32,33)34)38-30(6,7)19-29(4,5)37-28(35)20(2)3/h12-18H,2,8-11,19H2,1,3-7H3. The average Bonchev–Trinajstić information content (AvgIpc) is 3.20. The van der Waals surface area contributed by atoms with Crippen LogP contribution in [0, 0.1) is 0 Å². The van der Waals surface area contributed by atoms with Gasteiger partial charge in [-0.2, -0.15) is 13.2 Å². The topological polar surface area (TPSA) is 39.4 Å². The lowest BCUT2D eigenvalue weighted by Crippen LogP contribution is -2.35. The van der Waals surface area contributed by atoms with E-state index in [0.717, 1.165) is 36.6 Å². The van der Waals surface area contributed by atoms with E-state index < -0.39 is 28.1 Å². The highest BCUT2D eigenvalue weighted by Crippen LogP contribution is 2.44. The second-order valence-corrected chi connectivity index (χ2v) is 12.9. The maximum absolute atomic E-state index is 14.2. The van der Waals surface area contributed by atoms with Crippen molar-refractivity contribution in [3.63, 3.8) is 0 Å². The molecule has 0 amide bonds. The van der Waals surface area contributed by atoms with Gasteiger partial charge >= 0.3 is 12.1 Å². The zero-order valence-electron chi connectivity index (χ0n) is 23.1. The predicted molar refractivity (Wildman–Crippen MR) is 149 cm³/mol. The summed E-state index contributed by atoms with van der Waals surface area (Å²) < 4.78 is 53.6. The van der Waals surface area contributed by atoms with Gasteiger partial charge in [-0.25, -0.2) is 4.79 Å². The summed E-state index contributed by atoms with van der Waals surface area (Å²) in [5.41, 5.74) is 0.463. The lowest BCUT2D eigenvalue weighted by Gasteiger charge is -2.34. The number of hydrogen-bond donors (Lipinski definition) is 0. The van der Waals surface area contributed by atoms with Crippen LogP contribution in [-0.4, -0.2) is 16.3 Å². The molecule has 2 aromatic carbocycles. The molecule has 0 saturated carbocycles. The molecular weight excluding hydrogens is 509 g/mol. The first kappa shape index (κ1) is 29.9. The summed E-state index contributed by atoms with van der Waals surface area (Å²) in [5.74, 6) is -0.292. The van der Waals surface area contributed by atoms with Gasteiger partial charge in [-0.1, -0.05) is 52.3 Å². The van der Waals surface area contributed by atoms with Gasteiger partial charge in [0.25, 0.3) is 0 Å². The van der Waals surface area contributed by atoms with Crippen LogP contribution in [0.5, 0.6) is 0 Å². The molecule has 0 aliphatic heterocycles. The number of thioether (sulfide) groups is 1. The second-order valence-electron chi connectivity index (χ2n) is 11.1. The minimum absolute atomic E-state index is 0.0131. The third kappa shape index (κ3) is 7.92. The normalized spacial score (nSPS) is 12.7. The quantitative estimate of drug-likeness (QED) is 0.104. The average molecular weight is 547 g/mol. The van der Waals surface area contributed by atoms with Gasteiger partial charge in [-0.3, -0.25) is 0 Å². The molecule has 3 aromatic rings. The van der Waals surface area contributed by atoms with Gasteiger partial charge in [0.2, 0.25) is 0 Å². The zero-order chi connectivity index (χ0) is 28.3. The maximum atomic E-state index is 14.2. The smallest absolute Gasteiger partial charge is 0.417 e. The molecule has 3 rings (SSSR count). The number of aryl methyl sites for hydroxylation is 1. The Labute approximate surface area is 227 Å². The molecule has 0 bridgehead atoms. The van der Waals surface area contributed by atoms with E-state index in [1.54, 1.807) is 32.9 Å². The first-order valence-corrected chi connectivity index (χ1v) is 13.7. The summed E-state index contributed by atoms with van der Waals surface area (Å²) in [5, 5.41) is 0.776. The molecule has 0 spiro atoms. The van der Waals surface area contributed by atoms with Gasteiger partial charge in [-0.15, -0.1) is 11.8 Å². The van der Waals surface area contributed by atoms with Crippen molar-refractivity contribution in [3.8, 4) is 11.3 Å². The first-order valence-electron chi connectivity index (χ1n) is 12.9. The molecule has 0 aliphatic rings. The summed E-state index contributed by atoms with van der Waals surface area (Å²) in [7, 11) is 0. The number of unbranched alkanes of at least 4 members (excludes halogenated alkanes) is 2. The van der Waals surface area contributed by atoms with Crippen molar-refractivity contribution >= 4 is 28.7 Å². The van der Waals surface area contributed by atoms with Crippen molar-refractivity contribution in [2.45, 2.75) is 95.1 Å². The van der Waals surface area contributed by atoms with E-state index in [2.05, 4.69) is 13.5 Å². The summed E-state index contributed by atoms with van der Waals surface area (Å²) in [6.45, 7) is 14.8. The Hall–Kier alpha value is -2.67. The minimum atomic E-state index is -4.56. The largest absolute Gasteiger partial charge is 0.456 e. The number of carbonyl (C=O) groups excluding carboxylic acids is 1. The van der Waals surface area contributed by atoms with Crippen molar-refractivity contribution < 1.29 is 27.1 Å². The SMILES string of the molecule is C=C(C)C(=O)OC(C)(C)CC(C)(C)Sc1ccc(-c2cc3ccc(CCCCC)cc3o2)c(C(F)(F)F)c1. The fraction of sp³-hybridized carbons (Fsp3) is 0.452. The molecule has 3 nitrogen and oxygen atoms in total. The second kappa shape index (κ2) is 11.6. The highest BCUT2D eigenvalue weighted by molar-refractivity contribution is 8.00. The van der Waals surface area contributed by atoms with Crippen LogP contribution in [-0.2, 0) is 22.1 Å². The van der Waals surface area contributed by atoms with Crippen LogP contribution in [0.2, 0.25) is 0 Å². The Morgan fingerprint density at radius 3 is 2.37 bits per heavy atom. The number of ether oxygens (including phenoxy) is 1. The zero-order valence-corrected chi connectivity index (χ0v) is 23.9. The van der Waals surface area contributed by atoms with E-state index in [-0.39, 0.29) is 11.3 Å².